The quantitative estimate of drug-likeness (QED) is 0.0233. The van der Waals surface area contributed by atoms with Crippen molar-refractivity contribution in [1.82, 2.24) is 0 Å². The summed E-state index contributed by atoms with van der Waals surface area (Å²) in [6, 6.07) is -1.47. The first kappa shape index (κ1) is 59.7. The summed E-state index contributed by atoms with van der Waals surface area (Å²) in [4.78, 5) is 33.7. The van der Waals surface area contributed by atoms with Gasteiger partial charge in [-0.15, -0.1) is 0 Å². The molecule has 0 fully saturated rings. The fraction of sp³-hybridized carbons (Fsp3) is 0.920. The third-order valence-corrected chi connectivity index (χ3v) is 12.5. The Hall–Kier alpha value is -1.29. The van der Waals surface area contributed by atoms with Gasteiger partial charge in [0, 0.05) is 13.0 Å². The number of esters is 1. The molecule has 0 amide bonds. The lowest BCUT2D eigenvalue weighted by atomic mass is 10.0. The summed E-state index contributed by atoms with van der Waals surface area (Å²) in [7, 11) is -4.62. The fourth-order valence-corrected chi connectivity index (χ4v) is 8.32. The van der Waals surface area contributed by atoms with Crippen LogP contribution in [0.15, 0.2) is 12.2 Å². The molecule has 362 valence electrons. The number of rotatable bonds is 50. The number of ether oxygens (including phenoxy) is 2. The van der Waals surface area contributed by atoms with Crippen LogP contribution in [-0.2, 0) is 32.7 Å². The van der Waals surface area contributed by atoms with Gasteiger partial charge in [-0.1, -0.05) is 225 Å². The molecule has 0 aromatic rings. The number of phosphoric acid groups is 1. The highest BCUT2D eigenvalue weighted by Crippen LogP contribution is 2.43. The van der Waals surface area contributed by atoms with Gasteiger partial charge in [0.15, 0.2) is 0 Å². The molecule has 0 aromatic carbocycles. The highest BCUT2D eigenvalue weighted by Gasteiger charge is 2.27. The lowest BCUT2D eigenvalue weighted by Crippen LogP contribution is -2.34. The molecule has 4 N–H and O–H groups in total. The largest absolute Gasteiger partial charge is 0.480 e. The van der Waals surface area contributed by atoms with Crippen LogP contribution < -0.4 is 5.73 Å². The Labute approximate surface area is 375 Å². The molecule has 61 heavy (non-hydrogen) atoms. The van der Waals surface area contributed by atoms with Gasteiger partial charge in [-0.25, -0.2) is 4.57 Å². The first-order valence-electron chi connectivity index (χ1n) is 25.7. The molecule has 0 radical (unpaired) electrons. The van der Waals surface area contributed by atoms with Crippen LogP contribution in [0, 0.1) is 0 Å². The number of carbonyl (C=O) groups is 2. The van der Waals surface area contributed by atoms with Gasteiger partial charge >= 0.3 is 19.8 Å². The third kappa shape index (κ3) is 46.5. The number of hydrogen-bond donors (Lipinski definition) is 3. The first-order valence-corrected chi connectivity index (χ1v) is 27.2. The van der Waals surface area contributed by atoms with E-state index >= 15 is 0 Å². The lowest BCUT2D eigenvalue weighted by Gasteiger charge is -2.20. The smallest absolute Gasteiger partial charge is 0.472 e. The molecule has 0 aliphatic carbocycles. The molecule has 0 saturated heterocycles. The Kier molecular flexibility index (Phi) is 45.7. The van der Waals surface area contributed by atoms with Crippen LogP contribution in [0.1, 0.15) is 258 Å². The zero-order valence-corrected chi connectivity index (χ0v) is 40.7. The van der Waals surface area contributed by atoms with Gasteiger partial charge in [0.25, 0.3) is 0 Å². The SMILES string of the molecule is CCCCCCCCC/C=C\CCCCCCCCCCOCC(COP(=O)(O)OCC(N)C(=O)O)OC(=O)CCCCCCCCCCCCCCCCCCCCCC. The van der Waals surface area contributed by atoms with Gasteiger partial charge in [-0.05, 0) is 38.5 Å². The number of allylic oxidation sites excluding steroid dienone is 2. The van der Waals surface area contributed by atoms with Crippen molar-refractivity contribution < 1.29 is 42.7 Å². The molecule has 0 rings (SSSR count). The van der Waals surface area contributed by atoms with E-state index in [9.17, 15) is 19.0 Å². The number of carbonyl (C=O) groups excluding carboxylic acids is 1. The van der Waals surface area contributed by atoms with Crippen LogP contribution in [0.25, 0.3) is 0 Å². The summed E-state index contributed by atoms with van der Waals surface area (Å²) in [5.41, 5.74) is 5.37. The third-order valence-electron chi connectivity index (χ3n) is 11.5. The zero-order chi connectivity index (χ0) is 44.8. The molecular weight excluding hydrogens is 790 g/mol. The normalized spacial score (nSPS) is 13.8. The maximum atomic E-state index is 12.7. The standard InChI is InChI=1S/C50H98NO9P/c1-3-5-7-9-11-13-15-17-19-21-23-24-26-28-30-32-34-36-38-40-42-49(52)60-47(45-58-61(55,56)59-46-48(51)50(53)54)44-57-43-41-39-37-35-33-31-29-27-25-22-20-18-16-14-12-10-8-6-4-2/h20,22,47-48H,3-19,21,23-46,51H2,1-2H3,(H,53,54)(H,55,56)/b22-20-. The van der Waals surface area contributed by atoms with E-state index in [0.717, 1.165) is 38.5 Å². The number of hydrogen-bond acceptors (Lipinski definition) is 8. The van der Waals surface area contributed by atoms with Crippen molar-refractivity contribution in [1.29, 1.82) is 0 Å². The van der Waals surface area contributed by atoms with Gasteiger partial charge in [0.1, 0.15) is 12.1 Å². The van der Waals surface area contributed by atoms with Crippen LogP contribution in [0.2, 0.25) is 0 Å². The minimum Gasteiger partial charge on any atom is -0.480 e. The van der Waals surface area contributed by atoms with Gasteiger partial charge in [0.2, 0.25) is 0 Å². The van der Waals surface area contributed by atoms with E-state index in [1.807, 2.05) is 0 Å². The average Bonchev–Trinajstić information content (AvgIpc) is 3.24. The van der Waals surface area contributed by atoms with Crippen molar-refractivity contribution in [2.75, 3.05) is 26.4 Å². The van der Waals surface area contributed by atoms with Crippen molar-refractivity contribution in [3.8, 4) is 0 Å². The minimum absolute atomic E-state index is 0.0210. The van der Waals surface area contributed by atoms with Crippen LogP contribution in [0.3, 0.4) is 0 Å². The van der Waals surface area contributed by atoms with Gasteiger partial charge in [0.05, 0.1) is 19.8 Å². The molecular formula is C50H98NO9P. The van der Waals surface area contributed by atoms with Crippen LogP contribution >= 0.6 is 7.82 Å². The summed E-state index contributed by atoms with van der Waals surface area (Å²) in [5.74, 6) is -1.77. The van der Waals surface area contributed by atoms with E-state index in [4.69, 9.17) is 29.4 Å². The lowest BCUT2D eigenvalue weighted by molar-refractivity contribution is -0.154. The number of aliphatic carboxylic acids is 1. The van der Waals surface area contributed by atoms with Gasteiger partial charge in [-0.3, -0.25) is 18.6 Å². The van der Waals surface area contributed by atoms with E-state index in [1.165, 1.54) is 199 Å². The number of carboxylic acid groups (broad SMARTS) is 1. The van der Waals surface area contributed by atoms with E-state index in [0.29, 0.717) is 6.61 Å². The zero-order valence-electron chi connectivity index (χ0n) is 39.8. The minimum atomic E-state index is -4.62. The second-order valence-electron chi connectivity index (χ2n) is 17.7. The molecule has 10 nitrogen and oxygen atoms in total. The van der Waals surface area contributed by atoms with Crippen LogP contribution in [0.4, 0.5) is 0 Å². The van der Waals surface area contributed by atoms with Crippen molar-refractivity contribution in [3.63, 3.8) is 0 Å². The Balaban J connectivity index is 4.10. The van der Waals surface area contributed by atoms with E-state index in [2.05, 4.69) is 26.0 Å². The molecule has 0 saturated carbocycles. The van der Waals surface area contributed by atoms with Crippen molar-refractivity contribution >= 4 is 19.8 Å². The van der Waals surface area contributed by atoms with Gasteiger partial charge < -0.3 is 25.2 Å². The topological polar surface area (TPSA) is 155 Å². The molecule has 0 aromatic heterocycles. The Morgan fingerprint density at radius 2 is 0.852 bits per heavy atom. The maximum absolute atomic E-state index is 12.7. The monoisotopic (exact) mass is 888 g/mol. The molecule has 0 spiro atoms. The molecule has 3 atom stereocenters. The summed E-state index contributed by atoms with van der Waals surface area (Å²) in [6.07, 6.45) is 51.2. The summed E-state index contributed by atoms with van der Waals surface area (Å²) in [5, 5.41) is 8.93. The summed E-state index contributed by atoms with van der Waals surface area (Å²) in [6.45, 7) is 3.93. The maximum Gasteiger partial charge on any atom is 0.472 e. The number of nitrogens with two attached hydrogens (primary N) is 1. The highest BCUT2D eigenvalue weighted by molar-refractivity contribution is 7.47. The van der Waals surface area contributed by atoms with Crippen molar-refractivity contribution in [3.05, 3.63) is 12.2 Å². The number of unbranched alkanes of at least 4 members (excludes halogenated alkanes) is 34. The van der Waals surface area contributed by atoms with Gasteiger partial charge in [-0.2, -0.15) is 0 Å². The van der Waals surface area contributed by atoms with Crippen LogP contribution in [0.5, 0.6) is 0 Å². The van der Waals surface area contributed by atoms with Crippen LogP contribution in [-0.4, -0.2) is 60.5 Å². The van der Waals surface area contributed by atoms with E-state index < -0.39 is 45.1 Å². The molecule has 0 bridgehead atoms. The highest BCUT2D eigenvalue weighted by atomic mass is 31.2. The Morgan fingerprint density at radius 3 is 1.25 bits per heavy atom. The van der Waals surface area contributed by atoms with E-state index in [1.54, 1.807) is 0 Å². The molecule has 11 heteroatoms. The predicted molar refractivity (Wildman–Crippen MR) is 254 cm³/mol. The molecule has 0 aliphatic heterocycles. The van der Waals surface area contributed by atoms with Crippen molar-refractivity contribution in [2.45, 2.75) is 270 Å². The second-order valence-corrected chi connectivity index (χ2v) is 19.1. The average molecular weight is 888 g/mol. The molecule has 3 unspecified atom stereocenters. The molecule has 0 aliphatic rings. The summed E-state index contributed by atoms with van der Waals surface area (Å²) >= 11 is 0. The first-order chi connectivity index (χ1) is 29.7. The van der Waals surface area contributed by atoms with E-state index in [-0.39, 0.29) is 13.0 Å². The predicted octanol–water partition coefficient (Wildman–Crippen LogP) is 14.9. The summed E-state index contributed by atoms with van der Waals surface area (Å²) < 4.78 is 33.5. The molecule has 0 heterocycles. The van der Waals surface area contributed by atoms with Crippen molar-refractivity contribution in [2.24, 2.45) is 5.73 Å². The Morgan fingerprint density at radius 1 is 0.508 bits per heavy atom. The Bertz CT molecular complexity index is 1030. The second kappa shape index (κ2) is 46.7. The fourth-order valence-electron chi connectivity index (χ4n) is 7.54. The number of phosphoric ester groups is 1. The number of carboxylic acids is 1.